The average molecular weight is 337 g/mol. The summed E-state index contributed by atoms with van der Waals surface area (Å²) in [6.07, 6.45) is 0. The fourth-order valence-electron chi connectivity index (χ4n) is 1.85. The van der Waals surface area contributed by atoms with Gasteiger partial charge in [0.2, 0.25) is 5.95 Å². The Morgan fingerprint density at radius 3 is 2.77 bits per heavy atom. The highest BCUT2D eigenvalue weighted by Crippen LogP contribution is 2.24. The number of nitrogens with zero attached hydrogens (tertiary/aromatic N) is 1. The molecule has 0 fully saturated rings. The standard InChI is InChI=1S/C13H11N3O4S2/c1-20-12(17)10-6-7-11(21-10)22(18,19)16-13-14-8-4-2-3-5-9(8)15-13/h2-7H,1H3,(H2,14,15,16). The van der Waals surface area contributed by atoms with Gasteiger partial charge in [-0.25, -0.2) is 22.9 Å². The van der Waals surface area contributed by atoms with Crippen molar-refractivity contribution in [3.05, 3.63) is 41.3 Å². The molecule has 2 heterocycles. The predicted octanol–water partition coefficient (Wildman–Crippen LogP) is 2.21. The smallest absolute Gasteiger partial charge is 0.348 e. The normalized spacial score (nSPS) is 11.5. The molecule has 3 aromatic rings. The molecule has 114 valence electrons. The Kier molecular flexibility index (Phi) is 3.59. The van der Waals surface area contributed by atoms with Gasteiger partial charge in [0.25, 0.3) is 10.0 Å². The van der Waals surface area contributed by atoms with Crippen LogP contribution in [-0.4, -0.2) is 31.5 Å². The van der Waals surface area contributed by atoms with Crippen LogP contribution in [0.5, 0.6) is 0 Å². The third-order valence-corrected chi connectivity index (χ3v) is 5.75. The molecule has 0 bridgehead atoms. The maximum absolute atomic E-state index is 12.3. The van der Waals surface area contributed by atoms with Gasteiger partial charge in [0, 0.05) is 0 Å². The summed E-state index contributed by atoms with van der Waals surface area (Å²) in [6, 6.07) is 9.94. The molecular weight excluding hydrogens is 326 g/mol. The van der Waals surface area contributed by atoms with E-state index in [1.807, 2.05) is 12.1 Å². The Morgan fingerprint density at radius 2 is 2.05 bits per heavy atom. The minimum absolute atomic E-state index is 0.00774. The fraction of sp³-hybridized carbons (Fsp3) is 0.0769. The molecule has 3 rings (SSSR count). The molecule has 0 atom stereocenters. The van der Waals surface area contributed by atoms with Crippen molar-refractivity contribution in [1.82, 2.24) is 9.97 Å². The fourth-order valence-corrected chi connectivity index (χ4v) is 4.04. The van der Waals surface area contributed by atoms with Crippen LogP contribution >= 0.6 is 11.3 Å². The summed E-state index contributed by atoms with van der Waals surface area (Å²) in [5.41, 5.74) is 1.38. The number of imidazole rings is 1. The van der Waals surface area contributed by atoms with Crippen molar-refractivity contribution < 1.29 is 17.9 Å². The van der Waals surface area contributed by atoms with Crippen molar-refractivity contribution in [1.29, 1.82) is 0 Å². The van der Waals surface area contributed by atoms with Crippen LogP contribution in [0.25, 0.3) is 11.0 Å². The number of H-pyrrole nitrogens is 1. The van der Waals surface area contributed by atoms with Gasteiger partial charge in [0.05, 0.1) is 18.1 Å². The number of anilines is 1. The summed E-state index contributed by atoms with van der Waals surface area (Å²) in [5, 5.41) is 0. The van der Waals surface area contributed by atoms with Gasteiger partial charge in [-0.3, -0.25) is 0 Å². The highest BCUT2D eigenvalue weighted by atomic mass is 32.2. The number of methoxy groups -OCH3 is 1. The number of rotatable bonds is 4. The van der Waals surface area contributed by atoms with Crippen molar-refractivity contribution >= 4 is 44.3 Å². The Hall–Kier alpha value is -2.39. The second-order valence-electron chi connectivity index (χ2n) is 4.32. The Bertz CT molecular complexity index is 910. The number of thiophene rings is 1. The lowest BCUT2D eigenvalue weighted by Crippen LogP contribution is -2.12. The number of aromatic amines is 1. The molecule has 2 N–H and O–H groups in total. The van der Waals surface area contributed by atoms with E-state index in [2.05, 4.69) is 19.4 Å². The molecule has 0 aliphatic heterocycles. The number of ether oxygens (including phenoxy) is 1. The monoisotopic (exact) mass is 337 g/mol. The first-order valence-electron chi connectivity index (χ1n) is 6.15. The number of hydrogen-bond acceptors (Lipinski definition) is 6. The van der Waals surface area contributed by atoms with Crippen molar-refractivity contribution in [3.8, 4) is 0 Å². The lowest BCUT2D eigenvalue weighted by Gasteiger charge is -2.01. The van der Waals surface area contributed by atoms with Crippen molar-refractivity contribution in [2.45, 2.75) is 4.21 Å². The van der Waals surface area contributed by atoms with E-state index in [9.17, 15) is 13.2 Å². The van der Waals surface area contributed by atoms with E-state index in [1.165, 1.54) is 19.2 Å². The zero-order valence-corrected chi connectivity index (χ0v) is 13.0. The van der Waals surface area contributed by atoms with E-state index in [-0.39, 0.29) is 15.0 Å². The maximum Gasteiger partial charge on any atom is 0.348 e. The van der Waals surface area contributed by atoms with Crippen LogP contribution in [0.1, 0.15) is 9.67 Å². The summed E-state index contributed by atoms with van der Waals surface area (Å²) < 4.78 is 31.5. The van der Waals surface area contributed by atoms with Crippen molar-refractivity contribution in [3.63, 3.8) is 0 Å². The number of carbonyl (C=O) groups is 1. The van der Waals surface area contributed by atoms with Crippen LogP contribution in [0.3, 0.4) is 0 Å². The van der Waals surface area contributed by atoms with Gasteiger partial charge in [-0.05, 0) is 24.3 Å². The van der Waals surface area contributed by atoms with E-state index in [1.54, 1.807) is 12.1 Å². The SMILES string of the molecule is COC(=O)c1ccc(S(=O)(=O)Nc2nc3ccccc3[nH]2)s1. The first-order valence-corrected chi connectivity index (χ1v) is 8.45. The topological polar surface area (TPSA) is 101 Å². The van der Waals surface area contributed by atoms with Gasteiger partial charge in [-0.1, -0.05) is 12.1 Å². The molecule has 1 aromatic carbocycles. The van der Waals surface area contributed by atoms with Crippen molar-refractivity contribution in [2.24, 2.45) is 0 Å². The molecule has 0 saturated heterocycles. The lowest BCUT2D eigenvalue weighted by molar-refractivity contribution is 0.0606. The predicted molar refractivity (Wildman–Crippen MR) is 82.6 cm³/mol. The van der Waals surface area contributed by atoms with Gasteiger partial charge < -0.3 is 9.72 Å². The average Bonchev–Trinajstić information content (AvgIpc) is 3.12. The van der Waals surface area contributed by atoms with E-state index >= 15 is 0 Å². The third-order valence-electron chi connectivity index (χ3n) is 2.85. The quantitative estimate of drug-likeness (QED) is 0.711. The number of nitrogens with one attached hydrogen (secondary N) is 2. The summed E-state index contributed by atoms with van der Waals surface area (Å²) >= 11 is 0.832. The van der Waals surface area contributed by atoms with Crippen molar-refractivity contribution in [2.75, 3.05) is 11.8 Å². The van der Waals surface area contributed by atoms with Crippen LogP contribution in [0, 0.1) is 0 Å². The number of sulfonamides is 1. The number of para-hydroxylation sites is 2. The summed E-state index contributed by atoms with van der Waals surface area (Å²) in [5.74, 6) is -0.454. The van der Waals surface area contributed by atoms with E-state index in [0.717, 1.165) is 16.9 Å². The number of benzene rings is 1. The molecule has 0 radical (unpaired) electrons. The molecule has 7 nitrogen and oxygen atoms in total. The number of carbonyl (C=O) groups excluding carboxylic acids is 1. The maximum atomic E-state index is 12.3. The lowest BCUT2D eigenvalue weighted by atomic mass is 10.3. The zero-order chi connectivity index (χ0) is 15.7. The van der Waals surface area contributed by atoms with E-state index < -0.39 is 16.0 Å². The molecule has 0 amide bonds. The Labute approximate surface area is 130 Å². The molecule has 9 heteroatoms. The molecule has 22 heavy (non-hydrogen) atoms. The number of fused-ring (bicyclic) bond motifs is 1. The largest absolute Gasteiger partial charge is 0.465 e. The molecule has 0 spiro atoms. The molecule has 2 aromatic heterocycles. The molecule has 0 saturated carbocycles. The first-order chi connectivity index (χ1) is 10.5. The number of esters is 1. The minimum atomic E-state index is -3.81. The molecule has 0 unspecified atom stereocenters. The van der Waals surface area contributed by atoms with Crippen LogP contribution < -0.4 is 4.72 Å². The van der Waals surface area contributed by atoms with Gasteiger partial charge >= 0.3 is 5.97 Å². The second-order valence-corrected chi connectivity index (χ2v) is 7.31. The summed E-state index contributed by atoms with van der Waals surface area (Å²) in [6.45, 7) is 0. The van der Waals surface area contributed by atoms with Crippen LogP contribution in [0.15, 0.2) is 40.6 Å². The first kappa shape index (κ1) is 14.5. The highest BCUT2D eigenvalue weighted by molar-refractivity contribution is 7.94. The number of aromatic nitrogens is 2. The minimum Gasteiger partial charge on any atom is -0.465 e. The molecule has 0 aliphatic rings. The highest BCUT2D eigenvalue weighted by Gasteiger charge is 2.21. The van der Waals surface area contributed by atoms with Gasteiger partial charge in [0.15, 0.2) is 0 Å². The van der Waals surface area contributed by atoms with E-state index in [4.69, 9.17) is 0 Å². The van der Waals surface area contributed by atoms with E-state index in [0.29, 0.717) is 5.52 Å². The molecular formula is C13H11N3O4S2. The Balaban J connectivity index is 1.89. The molecule has 0 aliphatic carbocycles. The third kappa shape index (κ3) is 2.68. The second kappa shape index (κ2) is 5.43. The van der Waals surface area contributed by atoms with Gasteiger partial charge in [-0.2, -0.15) is 0 Å². The van der Waals surface area contributed by atoms with Crippen LogP contribution in [-0.2, 0) is 14.8 Å². The van der Waals surface area contributed by atoms with Crippen LogP contribution in [0.2, 0.25) is 0 Å². The van der Waals surface area contributed by atoms with Gasteiger partial charge in [0.1, 0.15) is 9.09 Å². The Morgan fingerprint density at radius 1 is 1.27 bits per heavy atom. The zero-order valence-electron chi connectivity index (χ0n) is 11.4. The van der Waals surface area contributed by atoms with Crippen LogP contribution in [0.4, 0.5) is 5.95 Å². The summed E-state index contributed by atoms with van der Waals surface area (Å²) in [4.78, 5) is 18.6. The number of hydrogen-bond donors (Lipinski definition) is 2. The van der Waals surface area contributed by atoms with Gasteiger partial charge in [-0.15, -0.1) is 11.3 Å². The summed E-state index contributed by atoms with van der Waals surface area (Å²) in [7, 11) is -2.58.